The highest BCUT2D eigenvalue weighted by molar-refractivity contribution is 5.90. The number of anilines is 2. The van der Waals surface area contributed by atoms with Gasteiger partial charge in [-0.05, 0) is 43.9 Å². The number of benzene rings is 1. The molecule has 1 aromatic carbocycles. The number of aromatic nitrogens is 4. The minimum absolute atomic E-state index is 0.0430. The number of hydrogen-bond acceptors (Lipinski definition) is 7. The van der Waals surface area contributed by atoms with Crippen molar-refractivity contribution in [3.8, 4) is 6.01 Å². The van der Waals surface area contributed by atoms with E-state index in [0.717, 1.165) is 48.4 Å². The lowest BCUT2D eigenvalue weighted by Crippen LogP contribution is -2.37. The number of carbonyl (C=O) groups is 1. The first kappa shape index (κ1) is 22.8. The van der Waals surface area contributed by atoms with E-state index in [-0.39, 0.29) is 18.1 Å². The largest absolute Gasteiger partial charge is 0.459 e. The zero-order valence-corrected chi connectivity index (χ0v) is 19.4. The summed E-state index contributed by atoms with van der Waals surface area (Å²) >= 11 is 0. The van der Waals surface area contributed by atoms with Crippen LogP contribution in [0.2, 0.25) is 0 Å². The fourth-order valence-electron chi connectivity index (χ4n) is 3.82. The molecular formula is C23H32N8O2. The summed E-state index contributed by atoms with van der Waals surface area (Å²) in [4.78, 5) is 21.3. The second-order valence-corrected chi connectivity index (χ2v) is 8.40. The predicted molar refractivity (Wildman–Crippen MR) is 128 cm³/mol. The molecule has 0 saturated carbocycles. The van der Waals surface area contributed by atoms with Crippen molar-refractivity contribution < 1.29 is 9.53 Å². The molecule has 3 aromatic rings. The van der Waals surface area contributed by atoms with E-state index >= 15 is 0 Å². The van der Waals surface area contributed by atoms with Crippen molar-refractivity contribution in [1.82, 2.24) is 30.2 Å². The van der Waals surface area contributed by atoms with Crippen molar-refractivity contribution >= 4 is 23.3 Å². The number of nitrogens with zero attached hydrogens (tertiary/aromatic N) is 4. The molecule has 1 saturated heterocycles. The lowest BCUT2D eigenvalue weighted by atomic mass is 10.1. The SMILES string of the molecule is CCNC(=O)Nc1ccccc1CNc1nc(O[C@@H]2CCCNC2)nc2c(C(C)C)cnn12. The first-order valence-corrected chi connectivity index (χ1v) is 11.5. The maximum atomic E-state index is 12.0. The summed E-state index contributed by atoms with van der Waals surface area (Å²) in [6.07, 6.45) is 3.91. The third-order valence-electron chi connectivity index (χ3n) is 5.56. The Hall–Kier alpha value is -3.40. The van der Waals surface area contributed by atoms with Gasteiger partial charge in [0.05, 0.1) is 6.20 Å². The Kier molecular flexibility index (Phi) is 7.23. The Balaban J connectivity index is 1.60. The highest BCUT2D eigenvalue weighted by atomic mass is 16.5. The molecule has 0 bridgehead atoms. The molecule has 1 aliphatic heterocycles. The van der Waals surface area contributed by atoms with Crippen molar-refractivity contribution in [2.75, 3.05) is 30.3 Å². The molecule has 1 atom stereocenters. The van der Waals surface area contributed by atoms with Crippen LogP contribution in [0.5, 0.6) is 6.01 Å². The van der Waals surface area contributed by atoms with E-state index in [1.54, 1.807) is 4.52 Å². The summed E-state index contributed by atoms with van der Waals surface area (Å²) in [5, 5.41) is 16.9. The van der Waals surface area contributed by atoms with Crippen molar-refractivity contribution in [2.45, 2.75) is 52.2 Å². The van der Waals surface area contributed by atoms with Crippen LogP contribution in [0.1, 0.15) is 50.7 Å². The molecule has 0 radical (unpaired) electrons. The first-order chi connectivity index (χ1) is 16.0. The van der Waals surface area contributed by atoms with Gasteiger partial charge in [0, 0.05) is 30.9 Å². The Morgan fingerprint density at radius 2 is 2.15 bits per heavy atom. The zero-order valence-electron chi connectivity index (χ0n) is 19.4. The molecule has 176 valence electrons. The van der Waals surface area contributed by atoms with E-state index in [9.17, 15) is 4.79 Å². The van der Waals surface area contributed by atoms with E-state index in [4.69, 9.17) is 4.74 Å². The number of rotatable bonds is 8. The number of carbonyl (C=O) groups excluding carboxylic acids is 1. The number of amides is 2. The fourth-order valence-corrected chi connectivity index (χ4v) is 3.82. The molecule has 4 rings (SSSR count). The standard InChI is InChI=1S/C23H32N8O2/c1-4-25-22(32)28-19-10-6-5-8-16(19)12-26-21-30-23(33-17-9-7-11-24-13-17)29-20-18(15(2)3)14-27-31(20)21/h5-6,8,10,14-15,17,24H,4,7,9,11-13H2,1-3H3,(H2,25,28,32)(H,26,29,30)/t17-/m1/s1. The van der Waals surface area contributed by atoms with Crippen LogP contribution in [0.3, 0.4) is 0 Å². The Bertz CT molecular complexity index is 1090. The van der Waals surface area contributed by atoms with E-state index in [1.807, 2.05) is 37.4 Å². The molecule has 0 spiro atoms. The molecule has 2 aromatic heterocycles. The summed E-state index contributed by atoms with van der Waals surface area (Å²) in [5.74, 6) is 0.801. The minimum atomic E-state index is -0.236. The van der Waals surface area contributed by atoms with Gasteiger partial charge in [-0.1, -0.05) is 32.0 Å². The summed E-state index contributed by atoms with van der Waals surface area (Å²) in [6, 6.07) is 7.76. The molecule has 0 aliphatic carbocycles. The van der Waals surface area contributed by atoms with Crippen LogP contribution < -0.4 is 26.0 Å². The van der Waals surface area contributed by atoms with Gasteiger partial charge in [-0.25, -0.2) is 4.79 Å². The third kappa shape index (κ3) is 5.51. The monoisotopic (exact) mass is 452 g/mol. The molecule has 4 N–H and O–H groups in total. The van der Waals surface area contributed by atoms with Crippen LogP contribution >= 0.6 is 0 Å². The van der Waals surface area contributed by atoms with Crippen LogP contribution in [0.15, 0.2) is 30.5 Å². The average Bonchev–Trinajstić information content (AvgIpc) is 3.24. The highest BCUT2D eigenvalue weighted by Crippen LogP contribution is 2.24. The quantitative estimate of drug-likeness (QED) is 0.415. The van der Waals surface area contributed by atoms with E-state index in [2.05, 4.69) is 50.2 Å². The van der Waals surface area contributed by atoms with Crippen LogP contribution in [-0.4, -0.2) is 51.4 Å². The molecule has 1 aliphatic rings. The van der Waals surface area contributed by atoms with Crippen LogP contribution in [0.4, 0.5) is 16.4 Å². The van der Waals surface area contributed by atoms with Gasteiger partial charge in [0.15, 0.2) is 5.65 Å². The van der Waals surface area contributed by atoms with E-state index in [0.29, 0.717) is 25.0 Å². The summed E-state index contributed by atoms with van der Waals surface area (Å²) in [7, 11) is 0. The van der Waals surface area contributed by atoms with Crippen molar-refractivity contribution in [3.05, 3.63) is 41.6 Å². The van der Waals surface area contributed by atoms with Gasteiger partial charge in [-0.3, -0.25) is 0 Å². The van der Waals surface area contributed by atoms with Gasteiger partial charge in [-0.2, -0.15) is 19.6 Å². The van der Waals surface area contributed by atoms with Crippen molar-refractivity contribution in [2.24, 2.45) is 0 Å². The molecule has 2 amide bonds. The van der Waals surface area contributed by atoms with E-state index < -0.39 is 0 Å². The number of urea groups is 1. The predicted octanol–water partition coefficient (Wildman–Crippen LogP) is 3.13. The van der Waals surface area contributed by atoms with Gasteiger partial charge in [0.2, 0.25) is 5.95 Å². The van der Waals surface area contributed by atoms with Gasteiger partial charge >= 0.3 is 12.0 Å². The molecule has 1 fully saturated rings. The maximum absolute atomic E-state index is 12.0. The second-order valence-electron chi connectivity index (χ2n) is 8.40. The average molecular weight is 453 g/mol. The lowest BCUT2D eigenvalue weighted by Gasteiger charge is -2.23. The number of piperidine rings is 1. The fraction of sp³-hybridized carbons (Fsp3) is 0.478. The first-order valence-electron chi connectivity index (χ1n) is 11.5. The van der Waals surface area contributed by atoms with Crippen molar-refractivity contribution in [3.63, 3.8) is 0 Å². The number of hydrogen-bond donors (Lipinski definition) is 4. The Morgan fingerprint density at radius 3 is 2.91 bits per heavy atom. The van der Waals surface area contributed by atoms with Gasteiger partial charge < -0.3 is 26.0 Å². The Morgan fingerprint density at radius 1 is 1.30 bits per heavy atom. The van der Waals surface area contributed by atoms with Gasteiger partial charge in [-0.15, -0.1) is 0 Å². The zero-order chi connectivity index (χ0) is 23.2. The minimum Gasteiger partial charge on any atom is -0.459 e. The number of para-hydroxylation sites is 1. The normalized spacial score (nSPS) is 16.1. The summed E-state index contributed by atoms with van der Waals surface area (Å²) in [6.45, 7) is 8.90. The molecule has 33 heavy (non-hydrogen) atoms. The summed E-state index contributed by atoms with van der Waals surface area (Å²) in [5.41, 5.74) is 3.42. The maximum Gasteiger partial charge on any atom is 0.322 e. The summed E-state index contributed by atoms with van der Waals surface area (Å²) < 4.78 is 7.84. The molecule has 3 heterocycles. The number of ether oxygens (including phenoxy) is 1. The molecule has 10 nitrogen and oxygen atoms in total. The topological polar surface area (TPSA) is 118 Å². The smallest absolute Gasteiger partial charge is 0.322 e. The molecule has 10 heteroatoms. The molecular weight excluding hydrogens is 420 g/mol. The van der Waals surface area contributed by atoms with Crippen LogP contribution in [0.25, 0.3) is 5.65 Å². The van der Waals surface area contributed by atoms with Crippen molar-refractivity contribution in [1.29, 1.82) is 0 Å². The number of nitrogens with one attached hydrogen (secondary N) is 4. The van der Waals surface area contributed by atoms with Crippen LogP contribution in [0, 0.1) is 0 Å². The Labute approximate surface area is 193 Å². The second kappa shape index (κ2) is 10.5. The molecule has 0 unspecified atom stereocenters. The van der Waals surface area contributed by atoms with E-state index in [1.165, 1.54) is 0 Å². The lowest BCUT2D eigenvalue weighted by molar-refractivity contribution is 0.153. The highest BCUT2D eigenvalue weighted by Gasteiger charge is 2.20. The third-order valence-corrected chi connectivity index (χ3v) is 5.56. The van der Waals surface area contributed by atoms with Gasteiger partial charge in [0.1, 0.15) is 6.10 Å². The van der Waals surface area contributed by atoms with Crippen LogP contribution in [-0.2, 0) is 6.54 Å². The number of fused-ring (bicyclic) bond motifs is 1. The van der Waals surface area contributed by atoms with Gasteiger partial charge in [0.25, 0.3) is 0 Å².